The third-order valence-electron chi connectivity index (χ3n) is 4.63. The molecule has 0 bridgehead atoms. The fourth-order valence-electron chi connectivity index (χ4n) is 3.62. The van der Waals surface area contributed by atoms with Gasteiger partial charge in [-0.3, -0.25) is 4.90 Å². The van der Waals surface area contributed by atoms with E-state index in [2.05, 4.69) is 16.7 Å². The number of hydrogen-bond acceptors (Lipinski definition) is 3. The quantitative estimate of drug-likeness (QED) is 0.808. The second kappa shape index (κ2) is 6.15. The van der Waals surface area contributed by atoms with E-state index >= 15 is 0 Å². The Morgan fingerprint density at radius 3 is 2.90 bits per heavy atom. The van der Waals surface area contributed by atoms with E-state index in [0.29, 0.717) is 17.4 Å². The van der Waals surface area contributed by atoms with Gasteiger partial charge >= 0.3 is 0 Å². The van der Waals surface area contributed by atoms with Crippen LogP contribution in [0.15, 0.2) is 18.2 Å². The van der Waals surface area contributed by atoms with Crippen molar-refractivity contribution in [3.05, 3.63) is 35.1 Å². The Balaban J connectivity index is 1.68. The van der Waals surface area contributed by atoms with Crippen LogP contribution in [0.5, 0.6) is 0 Å². The number of nitrogens with zero attached hydrogens (tertiary/aromatic N) is 1. The van der Waals surface area contributed by atoms with Gasteiger partial charge in [0.25, 0.3) is 0 Å². The lowest BCUT2D eigenvalue weighted by Crippen LogP contribution is -2.24. The van der Waals surface area contributed by atoms with E-state index in [4.69, 9.17) is 5.11 Å². The summed E-state index contributed by atoms with van der Waals surface area (Å²) in [5, 5.41) is 18.6. The van der Waals surface area contributed by atoms with Gasteiger partial charge in [0.1, 0.15) is 12.4 Å². The fraction of sp³-hybridized carbons (Fsp3) is 0.529. The SMILES string of the molecule is OCC#Cc1cc(CN2CC3CCC(O)C3C2)ccc1F. The zero-order valence-electron chi connectivity index (χ0n) is 11.9. The molecule has 1 heterocycles. The third kappa shape index (κ3) is 3.11. The average Bonchev–Trinajstić information content (AvgIpc) is 3.02. The summed E-state index contributed by atoms with van der Waals surface area (Å²) in [7, 11) is 0. The Bertz CT molecular complexity index is 578. The van der Waals surface area contributed by atoms with Crippen LogP contribution in [0, 0.1) is 29.5 Å². The predicted molar refractivity (Wildman–Crippen MR) is 77.9 cm³/mol. The fourth-order valence-corrected chi connectivity index (χ4v) is 3.62. The van der Waals surface area contributed by atoms with Crippen LogP contribution in [0.3, 0.4) is 0 Å². The van der Waals surface area contributed by atoms with Crippen molar-refractivity contribution in [2.45, 2.75) is 25.5 Å². The summed E-state index contributed by atoms with van der Waals surface area (Å²) in [4.78, 5) is 2.33. The van der Waals surface area contributed by atoms with Gasteiger partial charge in [0.15, 0.2) is 0 Å². The molecule has 0 aromatic heterocycles. The standard InChI is InChI=1S/C17H20FNO2/c18-16-5-3-12(8-13(16)2-1-7-20)9-19-10-14-4-6-17(21)15(14)11-19/h3,5,8,14-15,17,20-21H,4,6-7,9-11H2. The molecule has 1 aliphatic carbocycles. The van der Waals surface area contributed by atoms with E-state index in [1.54, 1.807) is 12.1 Å². The zero-order chi connectivity index (χ0) is 14.8. The third-order valence-corrected chi connectivity index (χ3v) is 4.63. The van der Waals surface area contributed by atoms with E-state index in [0.717, 1.165) is 38.0 Å². The van der Waals surface area contributed by atoms with Crippen LogP contribution in [-0.4, -0.2) is 40.9 Å². The number of aliphatic hydroxyl groups excluding tert-OH is 2. The maximum atomic E-state index is 13.6. The molecule has 21 heavy (non-hydrogen) atoms. The minimum absolute atomic E-state index is 0.154. The van der Waals surface area contributed by atoms with Gasteiger partial charge in [-0.05, 0) is 36.5 Å². The normalized spacial score (nSPS) is 28.2. The van der Waals surface area contributed by atoms with Crippen LogP contribution in [0.25, 0.3) is 0 Å². The first-order valence-electron chi connectivity index (χ1n) is 7.46. The Morgan fingerprint density at radius 1 is 1.29 bits per heavy atom. The highest BCUT2D eigenvalue weighted by molar-refractivity contribution is 5.38. The Hall–Kier alpha value is -1.41. The van der Waals surface area contributed by atoms with Gasteiger partial charge in [-0.25, -0.2) is 4.39 Å². The number of aliphatic hydroxyl groups is 2. The molecule has 3 nitrogen and oxygen atoms in total. The second-order valence-electron chi connectivity index (χ2n) is 6.04. The number of hydrogen-bond donors (Lipinski definition) is 2. The number of fused-ring (bicyclic) bond motifs is 1. The van der Waals surface area contributed by atoms with Crippen molar-refractivity contribution in [2.75, 3.05) is 19.7 Å². The van der Waals surface area contributed by atoms with Crippen molar-refractivity contribution >= 4 is 0 Å². The molecule has 1 aliphatic heterocycles. The second-order valence-corrected chi connectivity index (χ2v) is 6.04. The summed E-state index contributed by atoms with van der Waals surface area (Å²) in [6, 6.07) is 4.97. The summed E-state index contributed by atoms with van der Waals surface area (Å²) in [5.41, 5.74) is 1.36. The number of benzene rings is 1. The molecule has 0 spiro atoms. The maximum absolute atomic E-state index is 13.6. The van der Waals surface area contributed by atoms with Crippen LogP contribution >= 0.6 is 0 Å². The lowest BCUT2D eigenvalue weighted by molar-refractivity contribution is 0.123. The maximum Gasteiger partial charge on any atom is 0.138 e. The molecule has 2 N–H and O–H groups in total. The molecule has 1 saturated heterocycles. The molecule has 2 fully saturated rings. The summed E-state index contributed by atoms with van der Waals surface area (Å²) < 4.78 is 13.6. The first kappa shape index (κ1) is 14.5. The molecule has 0 radical (unpaired) electrons. The van der Waals surface area contributed by atoms with E-state index in [9.17, 15) is 9.50 Å². The van der Waals surface area contributed by atoms with Gasteiger partial charge in [-0.2, -0.15) is 0 Å². The number of likely N-dealkylation sites (tertiary alicyclic amines) is 1. The Labute approximate surface area is 124 Å². The van der Waals surface area contributed by atoms with Crippen LogP contribution in [0.4, 0.5) is 4.39 Å². The summed E-state index contributed by atoms with van der Waals surface area (Å²) in [5.74, 6) is 5.78. The number of halogens is 1. The van der Waals surface area contributed by atoms with Crippen molar-refractivity contribution in [3.63, 3.8) is 0 Å². The highest BCUT2D eigenvalue weighted by Crippen LogP contribution is 2.38. The molecule has 3 unspecified atom stereocenters. The van der Waals surface area contributed by atoms with Gasteiger partial charge in [0, 0.05) is 25.6 Å². The van der Waals surface area contributed by atoms with Crippen molar-refractivity contribution in [1.29, 1.82) is 0 Å². The largest absolute Gasteiger partial charge is 0.393 e. The Kier molecular flexibility index (Phi) is 4.25. The minimum Gasteiger partial charge on any atom is -0.393 e. The summed E-state index contributed by atoms with van der Waals surface area (Å²) >= 11 is 0. The van der Waals surface area contributed by atoms with Crippen molar-refractivity contribution in [1.82, 2.24) is 4.90 Å². The van der Waals surface area contributed by atoms with Crippen LogP contribution < -0.4 is 0 Å². The molecule has 3 rings (SSSR count). The van der Waals surface area contributed by atoms with Crippen LogP contribution in [0.1, 0.15) is 24.0 Å². The smallest absolute Gasteiger partial charge is 0.138 e. The highest BCUT2D eigenvalue weighted by atomic mass is 19.1. The molecule has 112 valence electrons. The van der Waals surface area contributed by atoms with Gasteiger partial charge in [0.05, 0.1) is 11.7 Å². The van der Waals surface area contributed by atoms with Crippen molar-refractivity contribution in [2.24, 2.45) is 11.8 Å². The summed E-state index contributed by atoms with van der Waals surface area (Å²) in [6.07, 6.45) is 1.89. The first-order valence-corrected chi connectivity index (χ1v) is 7.46. The molecule has 4 heteroatoms. The van der Waals surface area contributed by atoms with Crippen molar-refractivity contribution in [3.8, 4) is 11.8 Å². The molecule has 1 aromatic carbocycles. The molecule has 3 atom stereocenters. The van der Waals surface area contributed by atoms with E-state index in [1.165, 1.54) is 6.07 Å². The predicted octanol–water partition coefficient (Wildman–Crippen LogP) is 1.37. The van der Waals surface area contributed by atoms with Gasteiger partial charge in [-0.15, -0.1) is 0 Å². The lowest BCUT2D eigenvalue weighted by atomic mass is 10.00. The van der Waals surface area contributed by atoms with E-state index < -0.39 is 0 Å². The average molecular weight is 289 g/mol. The molecule has 1 aromatic rings. The molecule has 1 saturated carbocycles. The van der Waals surface area contributed by atoms with Crippen LogP contribution in [0.2, 0.25) is 0 Å². The zero-order valence-corrected chi connectivity index (χ0v) is 11.9. The Morgan fingerprint density at radius 2 is 2.14 bits per heavy atom. The molecule has 2 aliphatic rings. The monoisotopic (exact) mass is 289 g/mol. The minimum atomic E-state index is -0.353. The topological polar surface area (TPSA) is 43.7 Å². The summed E-state index contributed by atoms with van der Waals surface area (Å²) in [6.45, 7) is 2.42. The van der Waals surface area contributed by atoms with E-state index in [1.807, 2.05) is 0 Å². The van der Waals surface area contributed by atoms with Gasteiger partial charge < -0.3 is 10.2 Å². The molecular formula is C17H20FNO2. The molecular weight excluding hydrogens is 269 g/mol. The van der Waals surface area contributed by atoms with E-state index in [-0.39, 0.29) is 18.5 Å². The first-order chi connectivity index (χ1) is 10.2. The van der Waals surface area contributed by atoms with Gasteiger partial charge in [0.2, 0.25) is 0 Å². The van der Waals surface area contributed by atoms with Gasteiger partial charge in [-0.1, -0.05) is 17.9 Å². The molecule has 0 amide bonds. The highest BCUT2D eigenvalue weighted by Gasteiger charge is 2.41. The van der Waals surface area contributed by atoms with Crippen LogP contribution in [-0.2, 0) is 6.54 Å². The lowest BCUT2D eigenvalue weighted by Gasteiger charge is -2.18. The number of rotatable bonds is 2. The van der Waals surface area contributed by atoms with Crippen molar-refractivity contribution < 1.29 is 14.6 Å².